The Balaban J connectivity index is 2.45. The van der Waals surface area contributed by atoms with Gasteiger partial charge < -0.3 is 5.11 Å². The van der Waals surface area contributed by atoms with Gasteiger partial charge in [-0.3, -0.25) is 4.68 Å². The number of benzene rings is 1. The van der Waals surface area contributed by atoms with E-state index in [0.717, 1.165) is 23.4 Å². The molecule has 0 aliphatic heterocycles. The normalized spacial score (nSPS) is 11.2. The van der Waals surface area contributed by atoms with E-state index in [1.807, 2.05) is 31.3 Å². The monoisotopic (exact) mass is 244 g/mol. The standard InChI is InChI=1S/C15H20N2O/c1-10(2)9-13-15(18)14(17(4)16-13)12-7-5-11(3)6-8-12/h5-8,10,18H,9H2,1-4H3. The Labute approximate surface area is 108 Å². The molecule has 0 spiro atoms. The molecular weight excluding hydrogens is 224 g/mol. The van der Waals surface area contributed by atoms with Crippen molar-refractivity contribution in [2.45, 2.75) is 27.2 Å². The second kappa shape index (κ2) is 4.84. The first kappa shape index (κ1) is 12.7. The molecule has 0 aliphatic carbocycles. The second-order valence-electron chi connectivity index (χ2n) is 5.23. The third kappa shape index (κ3) is 2.40. The zero-order valence-corrected chi connectivity index (χ0v) is 11.4. The van der Waals surface area contributed by atoms with Crippen molar-refractivity contribution in [1.82, 2.24) is 9.78 Å². The van der Waals surface area contributed by atoms with Crippen molar-refractivity contribution in [3.05, 3.63) is 35.5 Å². The Hall–Kier alpha value is -1.77. The fraction of sp³-hybridized carbons (Fsp3) is 0.400. The minimum atomic E-state index is 0.315. The molecular formula is C15H20N2O. The molecule has 0 saturated carbocycles. The molecule has 0 saturated heterocycles. The van der Waals surface area contributed by atoms with Crippen molar-refractivity contribution in [3.8, 4) is 17.0 Å². The van der Waals surface area contributed by atoms with Gasteiger partial charge in [-0.15, -0.1) is 0 Å². The van der Waals surface area contributed by atoms with Crippen LogP contribution in [0.5, 0.6) is 5.75 Å². The lowest BCUT2D eigenvalue weighted by Gasteiger charge is -2.03. The number of nitrogens with zero attached hydrogens (tertiary/aromatic N) is 2. The average molecular weight is 244 g/mol. The van der Waals surface area contributed by atoms with E-state index in [2.05, 4.69) is 25.9 Å². The summed E-state index contributed by atoms with van der Waals surface area (Å²) in [7, 11) is 1.87. The van der Waals surface area contributed by atoms with E-state index in [9.17, 15) is 5.11 Å². The molecule has 0 radical (unpaired) electrons. The van der Waals surface area contributed by atoms with Gasteiger partial charge in [0.25, 0.3) is 0 Å². The Bertz CT molecular complexity index is 538. The molecule has 1 heterocycles. The van der Waals surface area contributed by atoms with E-state index in [4.69, 9.17) is 0 Å². The minimum Gasteiger partial charge on any atom is -0.504 e. The molecule has 0 atom stereocenters. The summed E-state index contributed by atoms with van der Waals surface area (Å²) in [6.45, 7) is 6.30. The highest BCUT2D eigenvalue weighted by Crippen LogP contribution is 2.32. The van der Waals surface area contributed by atoms with Gasteiger partial charge in [-0.1, -0.05) is 43.7 Å². The van der Waals surface area contributed by atoms with Crippen LogP contribution in [-0.2, 0) is 13.5 Å². The number of aromatic nitrogens is 2. The summed E-state index contributed by atoms with van der Waals surface area (Å²) in [6, 6.07) is 8.13. The van der Waals surface area contributed by atoms with Crippen LogP contribution in [0.15, 0.2) is 24.3 Å². The van der Waals surface area contributed by atoms with Gasteiger partial charge in [-0.2, -0.15) is 5.10 Å². The third-order valence-corrected chi connectivity index (χ3v) is 3.02. The quantitative estimate of drug-likeness (QED) is 0.899. The number of hydrogen-bond acceptors (Lipinski definition) is 2. The van der Waals surface area contributed by atoms with Gasteiger partial charge in [0.05, 0.1) is 0 Å². The maximum Gasteiger partial charge on any atom is 0.164 e. The molecule has 0 fully saturated rings. The first-order chi connectivity index (χ1) is 8.49. The SMILES string of the molecule is Cc1ccc(-c2c(O)c(CC(C)C)nn2C)cc1. The Morgan fingerprint density at radius 1 is 1.22 bits per heavy atom. The summed E-state index contributed by atoms with van der Waals surface area (Å²) in [5.41, 5.74) is 3.79. The number of aryl methyl sites for hydroxylation is 2. The van der Waals surface area contributed by atoms with Crippen LogP contribution < -0.4 is 0 Å². The van der Waals surface area contributed by atoms with E-state index in [1.54, 1.807) is 4.68 Å². The molecule has 0 amide bonds. The van der Waals surface area contributed by atoms with Crippen molar-refractivity contribution in [2.24, 2.45) is 13.0 Å². The first-order valence-corrected chi connectivity index (χ1v) is 6.31. The summed E-state index contributed by atoms with van der Waals surface area (Å²) in [5, 5.41) is 14.7. The Morgan fingerprint density at radius 3 is 2.39 bits per heavy atom. The number of hydrogen-bond donors (Lipinski definition) is 1. The summed E-state index contributed by atoms with van der Waals surface area (Å²) in [6.07, 6.45) is 0.797. The van der Waals surface area contributed by atoms with Crippen LogP contribution in [0.4, 0.5) is 0 Å². The predicted octanol–water partition coefficient (Wildman–Crippen LogP) is 3.30. The van der Waals surface area contributed by atoms with Crippen LogP contribution in [-0.4, -0.2) is 14.9 Å². The maximum absolute atomic E-state index is 10.3. The summed E-state index contributed by atoms with van der Waals surface area (Å²) < 4.78 is 1.76. The predicted molar refractivity (Wildman–Crippen MR) is 73.6 cm³/mol. The fourth-order valence-corrected chi connectivity index (χ4v) is 2.13. The highest BCUT2D eigenvalue weighted by Gasteiger charge is 2.17. The average Bonchev–Trinajstić information content (AvgIpc) is 2.55. The summed E-state index contributed by atoms with van der Waals surface area (Å²) >= 11 is 0. The van der Waals surface area contributed by atoms with E-state index >= 15 is 0 Å². The summed E-state index contributed by atoms with van der Waals surface area (Å²) in [4.78, 5) is 0. The van der Waals surface area contributed by atoms with Gasteiger partial charge in [0.1, 0.15) is 11.4 Å². The van der Waals surface area contributed by atoms with Crippen molar-refractivity contribution in [3.63, 3.8) is 0 Å². The van der Waals surface area contributed by atoms with Gasteiger partial charge in [0.2, 0.25) is 0 Å². The maximum atomic E-state index is 10.3. The lowest BCUT2D eigenvalue weighted by molar-refractivity contribution is 0.464. The number of rotatable bonds is 3. The number of aromatic hydroxyl groups is 1. The largest absolute Gasteiger partial charge is 0.504 e. The van der Waals surface area contributed by atoms with Crippen molar-refractivity contribution in [1.29, 1.82) is 0 Å². The molecule has 3 heteroatoms. The van der Waals surface area contributed by atoms with E-state index in [0.29, 0.717) is 11.7 Å². The zero-order chi connectivity index (χ0) is 13.3. The highest BCUT2D eigenvalue weighted by molar-refractivity contribution is 5.67. The molecule has 1 aromatic heterocycles. The molecule has 2 rings (SSSR count). The molecule has 18 heavy (non-hydrogen) atoms. The van der Waals surface area contributed by atoms with Gasteiger partial charge in [-0.05, 0) is 19.3 Å². The van der Waals surface area contributed by atoms with Gasteiger partial charge in [0.15, 0.2) is 5.75 Å². The molecule has 0 unspecified atom stereocenters. The molecule has 3 nitrogen and oxygen atoms in total. The molecule has 0 bridgehead atoms. The third-order valence-electron chi connectivity index (χ3n) is 3.02. The fourth-order valence-electron chi connectivity index (χ4n) is 2.13. The molecule has 1 aromatic carbocycles. The van der Waals surface area contributed by atoms with Crippen molar-refractivity contribution in [2.75, 3.05) is 0 Å². The van der Waals surface area contributed by atoms with E-state index in [-0.39, 0.29) is 0 Å². The Morgan fingerprint density at radius 2 is 1.83 bits per heavy atom. The highest BCUT2D eigenvalue weighted by atomic mass is 16.3. The van der Waals surface area contributed by atoms with E-state index in [1.165, 1.54) is 5.56 Å². The molecule has 96 valence electrons. The first-order valence-electron chi connectivity index (χ1n) is 6.31. The van der Waals surface area contributed by atoms with Gasteiger partial charge >= 0.3 is 0 Å². The smallest absolute Gasteiger partial charge is 0.164 e. The van der Waals surface area contributed by atoms with Crippen molar-refractivity contribution < 1.29 is 5.11 Å². The minimum absolute atomic E-state index is 0.315. The van der Waals surface area contributed by atoms with Gasteiger partial charge in [-0.25, -0.2) is 0 Å². The van der Waals surface area contributed by atoms with Crippen LogP contribution in [0.3, 0.4) is 0 Å². The van der Waals surface area contributed by atoms with Crippen molar-refractivity contribution >= 4 is 0 Å². The van der Waals surface area contributed by atoms with Gasteiger partial charge in [0, 0.05) is 12.6 Å². The second-order valence-corrected chi connectivity index (χ2v) is 5.23. The summed E-state index contributed by atoms with van der Waals surface area (Å²) in [5.74, 6) is 0.798. The van der Waals surface area contributed by atoms with Crippen LogP contribution in [0.2, 0.25) is 0 Å². The molecule has 0 aliphatic rings. The molecule has 1 N–H and O–H groups in total. The van der Waals surface area contributed by atoms with E-state index < -0.39 is 0 Å². The molecule has 2 aromatic rings. The lowest BCUT2D eigenvalue weighted by atomic mass is 10.0. The van der Waals surface area contributed by atoms with Crippen LogP contribution in [0.1, 0.15) is 25.1 Å². The van der Waals surface area contributed by atoms with Crippen LogP contribution in [0, 0.1) is 12.8 Å². The topological polar surface area (TPSA) is 38.1 Å². The van der Waals surface area contributed by atoms with Crippen LogP contribution >= 0.6 is 0 Å². The zero-order valence-electron chi connectivity index (χ0n) is 11.4. The van der Waals surface area contributed by atoms with Crippen LogP contribution in [0.25, 0.3) is 11.3 Å². The lowest BCUT2D eigenvalue weighted by Crippen LogP contribution is -1.97. The Kier molecular flexibility index (Phi) is 3.41.